The number of ether oxygens (including phenoxy) is 1. The third kappa shape index (κ3) is 1.13. The predicted molar refractivity (Wildman–Crippen MR) is 48.5 cm³/mol. The minimum atomic E-state index is 0.131. The summed E-state index contributed by atoms with van der Waals surface area (Å²) in [7, 11) is 0. The lowest BCUT2D eigenvalue weighted by molar-refractivity contribution is -0.0499. The second-order valence-electron chi connectivity index (χ2n) is 3.46. The fraction of sp³-hybridized carbons (Fsp3) is 0.400. The second kappa shape index (κ2) is 2.75. The molecule has 0 atom stereocenters. The van der Waals surface area contributed by atoms with Crippen molar-refractivity contribution >= 4 is 11.6 Å². The topological polar surface area (TPSA) is 9.23 Å². The predicted octanol–water partition coefficient (Wildman–Crippen LogP) is 2.43. The summed E-state index contributed by atoms with van der Waals surface area (Å²) in [5.41, 5.74) is 1.31. The van der Waals surface area contributed by atoms with Gasteiger partial charge in [-0.05, 0) is 17.7 Å². The average Bonchev–Trinajstić information content (AvgIpc) is 2.01. The van der Waals surface area contributed by atoms with Crippen LogP contribution in [0.15, 0.2) is 18.2 Å². The zero-order chi connectivity index (χ0) is 8.60. The molecule has 0 amide bonds. The highest BCUT2D eigenvalue weighted by molar-refractivity contribution is 6.31. The molecular formula is C10H10ClO. The van der Waals surface area contributed by atoms with Crippen molar-refractivity contribution < 1.29 is 4.74 Å². The van der Waals surface area contributed by atoms with Crippen LogP contribution in [0.2, 0.25) is 5.02 Å². The van der Waals surface area contributed by atoms with Crippen LogP contribution in [0.4, 0.5) is 0 Å². The van der Waals surface area contributed by atoms with Crippen molar-refractivity contribution in [3.63, 3.8) is 0 Å². The van der Waals surface area contributed by atoms with E-state index < -0.39 is 0 Å². The Morgan fingerprint density at radius 2 is 2.33 bits per heavy atom. The molecule has 1 aromatic carbocycles. The van der Waals surface area contributed by atoms with Gasteiger partial charge >= 0.3 is 0 Å². The van der Waals surface area contributed by atoms with Gasteiger partial charge < -0.3 is 4.74 Å². The Morgan fingerprint density at radius 3 is 2.83 bits per heavy atom. The van der Waals surface area contributed by atoms with Crippen LogP contribution in [0.5, 0.6) is 0 Å². The van der Waals surface area contributed by atoms with Gasteiger partial charge in [-0.15, -0.1) is 0 Å². The van der Waals surface area contributed by atoms with Gasteiger partial charge in [0.2, 0.25) is 0 Å². The van der Waals surface area contributed by atoms with E-state index in [1.807, 2.05) is 12.1 Å². The van der Waals surface area contributed by atoms with Gasteiger partial charge in [-0.3, -0.25) is 0 Å². The van der Waals surface area contributed by atoms with E-state index >= 15 is 0 Å². The van der Waals surface area contributed by atoms with E-state index in [1.54, 1.807) is 6.07 Å². The maximum atomic E-state index is 6.03. The quantitative estimate of drug-likeness (QED) is 0.647. The van der Waals surface area contributed by atoms with Gasteiger partial charge in [0.05, 0.1) is 13.2 Å². The van der Waals surface area contributed by atoms with Crippen molar-refractivity contribution in [1.82, 2.24) is 0 Å². The van der Waals surface area contributed by atoms with Crippen molar-refractivity contribution in [2.24, 2.45) is 0 Å². The first-order chi connectivity index (χ1) is 5.72. The minimum Gasteiger partial charge on any atom is -0.379 e. The maximum Gasteiger partial charge on any atom is 0.0583 e. The molecule has 1 aliphatic heterocycles. The normalized spacial score (nSPS) is 20.2. The van der Waals surface area contributed by atoms with Crippen LogP contribution >= 0.6 is 11.6 Å². The van der Waals surface area contributed by atoms with E-state index in [0.29, 0.717) is 0 Å². The Balaban J connectivity index is 2.39. The summed E-state index contributed by atoms with van der Waals surface area (Å²) < 4.78 is 5.18. The van der Waals surface area contributed by atoms with Crippen LogP contribution in [0.1, 0.15) is 12.5 Å². The summed E-state index contributed by atoms with van der Waals surface area (Å²) in [4.78, 5) is 0. The lowest BCUT2D eigenvalue weighted by Gasteiger charge is -2.39. The molecule has 1 heterocycles. The van der Waals surface area contributed by atoms with E-state index in [-0.39, 0.29) is 5.41 Å². The van der Waals surface area contributed by atoms with E-state index in [2.05, 4.69) is 13.0 Å². The molecule has 1 radical (unpaired) electrons. The summed E-state index contributed by atoms with van der Waals surface area (Å²) in [6, 6.07) is 8.67. The van der Waals surface area contributed by atoms with E-state index in [0.717, 1.165) is 18.2 Å². The van der Waals surface area contributed by atoms with E-state index in [1.165, 1.54) is 5.56 Å². The standard InChI is InChI=1S/C10H10ClO/c1-10(6-12-7-10)8-4-2-3-5-9(8)11/h2,4-5H,6-7H2,1H3. The molecular weight excluding hydrogens is 172 g/mol. The summed E-state index contributed by atoms with van der Waals surface area (Å²) in [5, 5.41) is 0.795. The summed E-state index contributed by atoms with van der Waals surface area (Å²) in [6.45, 7) is 3.71. The molecule has 1 saturated heterocycles. The van der Waals surface area contributed by atoms with Gasteiger partial charge in [0.25, 0.3) is 0 Å². The van der Waals surface area contributed by atoms with Crippen LogP contribution < -0.4 is 0 Å². The Hall–Kier alpha value is -0.530. The zero-order valence-electron chi connectivity index (χ0n) is 6.93. The second-order valence-corrected chi connectivity index (χ2v) is 3.87. The van der Waals surface area contributed by atoms with E-state index in [4.69, 9.17) is 16.3 Å². The fourth-order valence-electron chi connectivity index (χ4n) is 1.46. The Bertz CT molecular complexity index is 292. The molecule has 2 heteroatoms. The molecule has 1 nitrogen and oxygen atoms in total. The number of hydrogen-bond donors (Lipinski definition) is 0. The third-order valence-electron chi connectivity index (χ3n) is 2.31. The van der Waals surface area contributed by atoms with Gasteiger partial charge in [-0.1, -0.05) is 30.7 Å². The summed E-state index contributed by atoms with van der Waals surface area (Å²) in [5.74, 6) is 0. The Kier molecular flexibility index (Phi) is 1.85. The first kappa shape index (κ1) is 8.09. The van der Waals surface area contributed by atoms with Gasteiger partial charge in [0.1, 0.15) is 0 Å². The molecule has 63 valence electrons. The highest BCUT2D eigenvalue weighted by Crippen LogP contribution is 2.35. The molecule has 1 aromatic rings. The van der Waals surface area contributed by atoms with Crippen molar-refractivity contribution in [3.05, 3.63) is 34.9 Å². The molecule has 0 unspecified atom stereocenters. The average molecular weight is 182 g/mol. The largest absolute Gasteiger partial charge is 0.379 e. The smallest absolute Gasteiger partial charge is 0.0583 e. The monoisotopic (exact) mass is 181 g/mol. The first-order valence-corrected chi connectivity index (χ1v) is 4.34. The van der Waals surface area contributed by atoms with Gasteiger partial charge in [0, 0.05) is 10.4 Å². The van der Waals surface area contributed by atoms with Gasteiger partial charge in [0.15, 0.2) is 0 Å². The van der Waals surface area contributed by atoms with Crippen LogP contribution in [0.3, 0.4) is 0 Å². The molecule has 1 aliphatic rings. The molecule has 2 rings (SSSR count). The van der Waals surface area contributed by atoms with Gasteiger partial charge in [-0.25, -0.2) is 0 Å². The highest BCUT2D eigenvalue weighted by Gasteiger charge is 2.36. The summed E-state index contributed by atoms with van der Waals surface area (Å²) in [6.07, 6.45) is 0. The molecule has 0 aliphatic carbocycles. The lowest BCUT2D eigenvalue weighted by Crippen LogP contribution is -2.44. The Labute approximate surface area is 77.3 Å². The molecule has 0 spiro atoms. The zero-order valence-corrected chi connectivity index (χ0v) is 7.69. The van der Waals surface area contributed by atoms with Crippen LogP contribution in [0, 0.1) is 6.07 Å². The number of benzene rings is 1. The molecule has 0 aromatic heterocycles. The summed E-state index contributed by atoms with van der Waals surface area (Å²) >= 11 is 6.03. The van der Waals surface area contributed by atoms with Crippen LogP contribution in [-0.2, 0) is 10.2 Å². The van der Waals surface area contributed by atoms with Crippen molar-refractivity contribution in [1.29, 1.82) is 0 Å². The third-order valence-corrected chi connectivity index (χ3v) is 2.62. The molecule has 12 heavy (non-hydrogen) atoms. The lowest BCUT2D eigenvalue weighted by atomic mass is 9.81. The highest BCUT2D eigenvalue weighted by atomic mass is 35.5. The van der Waals surface area contributed by atoms with E-state index in [9.17, 15) is 0 Å². The molecule has 0 saturated carbocycles. The Morgan fingerprint density at radius 1 is 1.58 bits per heavy atom. The minimum absolute atomic E-state index is 0.131. The number of halogens is 1. The van der Waals surface area contributed by atoms with Crippen molar-refractivity contribution in [2.45, 2.75) is 12.3 Å². The van der Waals surface area contributed by atoms with Gasteiger partial charge in [-0.2, -0.15) is 0 Å². The fourth-order valence-corrected chi connectivity index (χ4v) is 1.82. The SMILES string of the molecule is CC1(c2cc[c]cc2Cl)COC1. The molecule has 1 fully saturated rings. The molecule has 0 bridgehead atoms. The molecule has 0 N–H and O–H groups in total. The first-order valence-electron chi connectivity index (χ1n) is 3.96. The van der Waals surface area contributed by atoms with Crippen LogP contribution in [0.25, 0.3) is 0 Å². The van der Waals surface area contributed by atoms with Crippen LogP contribution in [-0.4, -0.2) is 13.2 Å². The number of rotatable bonds is 1. The maximum absolute atomic E-state index is 6.03. The number of hydrogen-bond acceptors (Lipinski definition) is 1. The van der Waals surface area contributed by atoms with Crippen molar-refractivity contribution in [3.8, 4) is 0 Å². The van der Waals surface area contributed by atoms with Crippen molar-refractivity contribution in [2.75, 3.05) is 13.2 Å².